The highest BCUT2D eigenvalue weighted by Gasteiger charge is 2.10. The third kappa shape index (κ3) is 7.60. The Morgan fingerprint density at radius 3 is 2.56 bits per heavy atom. The Morgan fingerprint density at radius 2 is 1.81 bits per heavy atom. The number of carbonyl (C=O) groups is 2. The van der Waals surface area contributed by atoms with E-state index in [4.69, 9.17) is 4.52 Å². The minimum atomic E-state index is -0.171. The van der Waals surface area contributed by atoms with Gasteiger partial charge in [0.2, 0.25) is 17.6 Å². The number of hydrogen-bond acceptors (Lipinski definition) is 6. The molecule has 0 saturated carbocycles. The minimum absolute atomic E-state index is 0.0281. The van der Waals surface area contributed by atoms with E-state index in [0.29, 0.717) is 37.5 Å². The summed E-state index contributed by atoms with van der Waals surface area (Å²) in [5.41, 5.74) is 2.06. The Kier molecular flexibility index (Phi) is 8.48. The Hall–Kier alpha value is -2.70. The molecule has 0 unspecified atom stereocenters. The van der Waals surface area contributed by atoms with Crippen molar-refractivity contribution in [2.75, 3.05) is 13.7 Å². The van der Waals surface area contributed by atoms with Crippen molar-refractivity contribution < 1.29 is 18.8 Å². The average Bonchev–Trinajstić information content (AvgIpc) is 3.15. The van der Waals surface area contributed by atoms with Crippen LogP contribution in [0.4, 0.5) is 0 Å². The van der Waals surface area contributed by atoms with Crippen LogP contribution in [-0.2, 0) is 20.7 Å². The number of hydrogen-bond donors (Lipinski definition) is 1. The number of methoxy groups -OCH3 is 1. The van der Waals surface area contributed by atoms with Crippen molar-refractivity contribution in [2.45, 2.75) is 51.9 Å². The second kappa shape index (κ2) is 11.1. The van der Waals surface area contributed by atoms with Gasteiger partial charge < -0.3 is 14.6 Å². The summed E-state index contributed by atoms with van der Waals surface area (Å²) >= 11 is 0. The third-order valence-electron chi connectivity index (χ3n) is 4.20. The van der Waals surface area contributed by atoms with E-state index in [1.165, 1.54) is 12.7 Å². The molecule has 0 aliphatic rings. The molecule has 0 aliphatic heterocycles. The van der Waals surface area contributed by atoms with E-state index >= 15 is 0 Å². The van der Waals surface area contributed by atoms with Crippen LogP contribution < -0.4 is 5.32 Å². The van der Waals surface area contributed by atoms with Gasteiger partial charge in [0.25, 0.3) is 0 Å². The molecule has 27 heavy (non-hydrogen) atoms. The zero-order chi connectivity index (χ0) is 19.5. The highest BCUT2D eigenvalue weighted by Crippen LogP contribution is 2.16. The Morgan fingerprint density at radius 1 is 1.07 bits per heavy atom. The van der Waals surface area contributed by atoms with Crippen LogP contribution in [0.3, 0.4) is 0 Å². The zero-order valence-electron chi connectivity index (χ0n) is 16.0. The van der Waals surface area contributed by atoms with E-state index < -0.39 is 0 Å². The molecular formula is C20H27N3O4. The van der Waals surface area contributed by atoms with Gasteiger partial charge in [-0.3, -0.25) is 9.59 Å². The maximum atomic E-state index is 11.9. The topological polar surface area (TPSA) is 94.3 Å². The van der Waals surface area contributed by atoms with E-state index in [2.05, 4.69) is 20.2 Å². The molecule has 1 N–H and O–H groups in total. The number of aryl methyl sites for hydroxylation is 2. The van der Waals surface area contributed by atoms with Crippen molar-refractivity contribution in [1.29, 1.82) is 0 Å². The highest BCUT2D eigenvalue weighted by atomic mass is 16.5. The lowest BCUT2D eigenvalue weighted by Gasteiger charge is -2.04. The van der Waals surface area contributed by atoms with Crippen LogP contribution in [0.2, 0.25) is 0 Å². The molecule has 7 nitrogen and oxygen atoms in total. The van der Waals surface area contributed by atoms with Crippen LogP contribution in [0.25, 0.3) is 11.4 Å². The van der Waals surface area contributed by atoms with Crippen molar-refractivity contribution in [3.63, 3.8) is 0 Å². The average molecular weight is 373 g/mol. The van der Waals surface area contributed by atoms with Gasteiger partial charge in [-0.05, 0) is 19.8 Å². The van der Waals surface area contributed by atoms with Gasteiger partial charge in [0, 0.05) is 31.4 Å². The lowest BCUT2D eigenvalue weighted by molar-refractivity contribution is -0.140. The number of carbonyl (C=O) groups excluding carboxylic acids is 2. The first-order valence-electron chi connectivity index (χ1n) is 9.31. The molecule has 146 valence electrons. The molecule has 0 atom stereocenters. The fraction of sp³-hybridized carbons (Fsp3) is 0.500. The van der Waals surface area contributed by atoms with Gasteiger partial charge in [0.1, 0.15) is 0 Å². The molecule has 1 aromatic carbocycles. The molecule has 2 rings (SSSR count). The van der Waals surface area contributed by atoms with E-state index in [9.17, 15) is 9.59 Å². The van der Waals surface area contributed by atoms with E-state index in [1.54, 1.807) is 0 Å². The van der Waals surface area contributed by atoms with Gasteiger partial charge in [-0.25, -0.2) is 0 Å². The number of aromatic nitrogens is 2. The molecule has 0 radical (unpaired) electrons. The standard InChI is InChI=1S/C20H27N3O4/c1-15-8-10-16(11-9-15)20-22-18(27-23-20)13-12-17(24)21-14-6-4-3-5-7-19(25)26-2/h8-11H,3-7,12-14H2,1-2H3,(H,21,24). The Balaban J connectivity index is 1.59. The number of nitrogens with one attached hydrogen (secondary N) is 1. The molecule has 2 aromatic rings. The lowest BCUT2D eigenvalue weighted by atomic mass is 10.1. The number of benzene rings is 1. The highest BCUT2D eigenvalue weighted by molar-refractivity contribution is 5.76. The second-order valence-corrected chi connectivity index (χ2v) is 6.47. The monoisotopic (exact) mass is 373 g/mol. The van der Waals surface area contributed by atoms with Crippen LogP contribution >= 0.6 is 0 Å². The smallest absolute Gasteiger partial charge is 0.305 e. The normalized spacial score (nSPS) is 10.6. The van der Waals surface area contributed by atoms with Crippen LogP contribution in [0.15, 0.2) is 28.8 Å². The number of rotatable bonds is 11. The van der Waals surface area contributed by atoms with Gasteiger partial charge in [0.15, 0.2) is 0 Å². The molecule has 0 bridgehead atoms. The van der Waals surface area contributed by atoms with Crippen LogP contribution in [0, 0.1) is 6.92 Å². The predicted molar refractivity (Wildman–Crippen MR) is 101 cm³/mol. The van der Waals surface area contributed by atoms with Crippen molar-refractivity contribution in [3.05, 3.63) is 35.7 Å². The first-order valence-corrected chi connectivity index (χ1v) is 9.31. The lowest BCUT2D eigenvalue weighted by Crippen LogP contribution is -2.24. The van der Waals surface area contributed by atoms with Crippen LogP contribution in [0.5, 0.6) is 0 Å². The van der Waals surface area contributed by atoms with E-state index in [-0.39, 0.29) is 11.9 Å². The fourth-order valence-corrected chi connectivity index (χ4v) is 2.56. The first kappa shape index (κ1) is 20.6. The molecule has 1 aromatic heterocycles. The van der Waals surface area contributed by atoms with Crippen LogP contribution in [0.1, 0.15) is 50.0 Å². The van der Waals surface area contributed by atoms with Gasteiger partial charge in [-0.1, -0.05) is 47.8 Å². The summed E-state index contributed by atoms with van der Waals surface area (Å²) in [5, 5.41) is 6.85. The second-order valence-electron chi connectivity index (χ2n) is 6.47. The summed E-state index contributed by atoms with van der Waals surface area (Å²) in [6.45, 7) is 2.65. The predicted octanol–water partition coefficient (Wildman–Crippen LogP) is 3.22. The number of ether oxygens (including phenoxy) is 1. The number of nitrogens with zero attached hydrogens (tertiary/aromatic N) is 2. The molecular weight excluding hydrogens is 346 g/mol. The van der Waals surface area contributed by atoms with Crippen molar-refractivity contribution in [2.24, 2.45) is 0 Å². The number of amides is 1. The molecule has 0 spiro atoms. The summed E-state index contributed by atoms with van der Waals surface area (Å²) in [7, 11) is 1.40. The quantitative estimate of drug-likeness (QED) is 0.480. The van der Waals surface area contributed by atoms with Gasteiger partial charge >= 0.3 is 5.97 Å². The molecule has 0 aliphatic carbocycles. The van der Waals surface area contributed by atoms with E-state index in [1.807, 2.05) is 31.2 Å². The van der Waals surface area contributed by atoms with E-state index in [0.717, 1.165) is 31.2 Å². The Labute approximate surface area is 159 Å². The van der Waals surface area contributed by atoms with Crippen molar-refractivity contribution in [3.8, 4) is 11.4 Å². The maximum absolute atomic E-state index is 11.9. The number of unbranched alkanes of at least 4 members (excludes halogenated alkanes) is 3. The molecule has 1 amide bonds. The third-order valence-corrected chi connectivity index (χ3v) is 4.20. The molecule has 7 heteroatoms. The zero-order valence-corrected chi connectivity index (χ0v) is 16.0. The molecule has 1 heterocycles. The molecule has 0 fully saturated rings. The summed E-state index contributed by atoms with van der Waals surface area (Å²) in [6, 6.07) is 7.88. The van der Waals surface area contributed by atoms with Gasteiger partial charge in [-0.2, -0.15) is 4.98 Å². The maximum Gasteiger partial charge on any atom is 0.305 e. The molecule has 0 saturated heterocycles. The number of esters is 1. The summed E-state index contributed by atoms with van der Waals surface area (Å²) in [6.07, 6.45) is 4.83. The first-order chi connectivity index (χ1) is 13.1. The fourth-order valence-electron chi connectivity index (χ4n) is 2.56. The largest absolute Gasteiger partial charge is 0.469 e. The Bertz CT molecular complexity index is 725. The van der Waals surface area contributed by atoms with Gasteiger partial charge in [0.05, 0.1) is 7.11 Å². The summed E-state index contributed by atoms with van der Waals surface area (Å²) < 4.78 is 9.81. The summed E-state index contributed by atoms with van der Waals surface area (Å²) in [4.78, 5) is 27.2. The van der Waals surface area contributed by atoms with Gasteiger partial charge in [-0.15, -0.1) is 0 Å². The van der Waals surface area contributed by atoms with Crippen molar-refractivity contribution in [1.82, 2.24) is 15.5 Å². The van der Waals surface area contributed by atoms with Crippen molar-refractivity contribution >= 4 is 11.9 Å². The van der Waals surface area contributed by atoms with Crippen LogP contribution in [-0.4, -0.2) is 35.7 Å². The SMILES string of the molecule is COC(=O)CCCCCCNC(=O)CCc1nc(-c2ccc(C)cc2)no1. The summed E-state index contributed by atoms with van der Waals surface area (Å²) in [5.74, 6) is 0.801. The minimum Gasteiger partial charge on any atom is -0.469 e.